The molecule has 3 heterocycles. The fourth-order valence-corrected chi connectivity index (χ4v) is 3.77. The molecule has 2 aliphatic rings. The van der Waals surface area contributed by atoms with Crippen LogP contribution in [0.15, 0.2) is 0 Å². The van der Waals surface area contributed by atoms with Crippen LogP contribution in [0.3, 0.4) is 0 Å². The lowest BCUT2D eigenvalue weighted by Gasteiger charge is -2.35. The van der Waals surface area contributed by atoms with Crippen LogP contribution in [0.25, 0.3) is 0 Å². The Morgan fingerprint density at radius 1 is 1.39 bits per heavy atom. The first-order chi connectivity index (χ1) is 8.66. The summed E-state index contributed by atoms with van der Waals surface area (Å²) in [6.45, 7) is 6.75. The van der Waals surface area contributed by atoms with Gasteiger partial charge in [0.2, 0.25) is 5.28 Å². The molecular weight excluding hydrogens is 270 g/mol. The lowest BCUT2D eigenvalue weighted by Crippen LogP contribution is -2.44. The van der Waals surface area contributed by atoms with Gasteiger partial charge in [0.05, 0.1) is 24.9 Å². The third kappa shape index (κ3) is 2.08. The molecule has 0 amide bonds. The van der Waals surface area contributed by atoms with Crippen LogP contribution in [0.4, 0.5) is 5.82 Å². The molecule has 4 nitrogen and oxygen atoms in total. The highest BCUT2D eigenvalue weighted by molar-refractivity contribution is 7.99. The summed E-state index contributed by atoms with van der Waals surface area (Å²) in [5.41, 5.74) is 2.36. The topological polar surface area (TPSA) is 38.2 Å². The minimum Gasteiger partial charge on any atom is -0.377 e. The number of halogens is 1. The lowest BCUT2D eigenvalue weighted by molar-refractivity contribution is 0.0984. The number of aromatic nitrogens is 2. The number of hydrogen-bond acceptors (Lipinski definition) is 5. The van der Waals surface area contributed by atoms with E-state index in [9.17, 15) is 0 Å². The summed E-state index contributed by atoms with van der Waals surface area (Å²) in [7, 11) is 0. The van der Waals surface area contributed by atoms with Crippen molar-refractivity contribution in [1.82, 2.24) is 9.97 Å². The van der Waals surface area contributed by atoms with Crippen LogP contribution in [0, 0.1) is 0 Å². The van der Waals surface area contributed by atoms with E-state index in [1.807, 2.05) is 11.8 Å². The lowest BCUT2D eigenvalue weighted by atomic mass is 10.1. The second-order valence-electron chi connectivity index (χ2n) is 4.75. The zero-order valence-corrected chi connectivity index (χ0v) is 12.1. The zero-order chi connectivity index (χ0) is 12.7. The number of nitrogens with zero attached hydrogens (tertiary/aromatic N) is 3. The minimum atomic E-state index is 0.339. The van der Waals surface area contributed by atoms with Crippen LogP contribution in [0.5, 0.6) is 0 Å². The van der Waals surface area contributed by atoms with Gasteiger partial charge in [-0.2, -0.15) is 0 Å². The SMILES string of the molecule is CC1SCc2nc(Cl)nc(N3CCOC[C@@H]3C)c21. The molecule has 1 saturated heterocycles. The molecule has 2 atom stereocenters. The number of ether oxygens (including phenoxy) is 1. The molecule has 3 rings (SSSR count). The van der Waals surface area contributed by atoms with E-state index in [0.29, 0.717) is 16.6 Å². The average Bonchev–Trinajstić information content (AvgIpc) is 2.71. The Kier molecular flexibility index (Phi) is 3.38. The van der Waals surface area contributed by atoms with Crippen molar-refractivity contribution >= 4 is 29.2 Å². The van der Waals surface area contributed by atoms with Crippen molar-refractivity contribution in [2.75, 3.05) is 24.7 Å². The van der Waals surface area contributed by atoms with E-state index in [2.05, 4.69) is 28.7 Å². The quantitative estimate of drug-likeness (QED) is 0.742. The Hall–Kier alpha value is -0.520. The van der Waals surface area contributed by atoms with Crippen LogP contribution in [-0.4, -0.2) is 35.8 Å². The molecule has 0 radical (unpaired) electrons. The first-order valence-electron chi connectivity index (χ1n) is 6.19. The summed E-state index contributed by atoms with van der Waals surface area (Å²) in [6.07, 6.45) is 0. The zero-order valence-electron chi connectivity index (χ0n) is 10.5. The van der Waals surface area contributed by atoms with Crippen molar-refractivity contribution in [2.45, 2.75) is 30.9 Å². The summed E-state index contributed by atoms with van der Waals surface area (Å²) in [5, 5.41) is 0.805. The number of hydrogen-bond donors (Lipinski definition) is 0. The van der Waals surface area contributed by atoms with Crippen LogP contribution < -0.4 is 4.90 Å². The van der Waals surface area contributed by atoms with Crippen LogP contribution >= 0.6 is 23.4 Å². The van der Waals surface area contributed by atoms with Gasteiger partial charge in [0.1, 0.15) is 5.82 Å². The number of fused-ring (bicyclic) bond motifs is 1. The van der Waals surface area contributed by atoms with Crippen molar-refractivity contribution in [3.8, 4) is 0 Å². The van der Waals surface area contributed by atoms with Crippen LogP contribution in [0.2, 0.25) is 5.28 Å². The molecule has 2 aliphatic heterocycles. The smallest absolute Gasteiger partial charge is 0.224 e. The Morgan fingerprint density at radius 2 is 2.22 bits per heavy atom. The second-order valence-corrected chi connectivity index (χ2v) is 6.41. The molecule has 1 aromatic heterocycles. The van der Waals surface area contributed by atoms with Gasteiger partial charge in [-0.15, -0.1) is 11.8 Å². The highest BCUT2D eigenvalue weighted by Gasteiger charge is 2.31. The molecule has 0 N–H and O–H groups in total. The van der Waals surface area contributed by atoms with Gasteiger partial charge in [-0.3, -0.25) is 0 Å². The van der Waals surface area contributed by atoms with Crippen molar-refractivity contribution in [3.05, 3.63) is 16.5 Å². The van der Waals surface area contributed by atoms with Gasteiger partial charge in [-0.25, -0.2) is 9.97 Å². The molecule has 1 fully saturated rings. The van der Waals surface area contributed by atoms with E-state index < -0.39 is 0 Å². The van der Waals surface area contributed by atoms with E-state index in [1.54, 1.807) is 0 Å². The van der Waals surface area contributed by atoms with Gasteiger partial charge in [0.25, 0.3) is 0 Å². The molecule has 1 aromatic rings. The van der Waals surface area contributed by atoms with Crippen molar-refractivity contribution in [1.29, 1.82) is 0 Å². The Morgan fingerprint density at radius 3 is 3.00 bits per heavy atom. The number of anilines is 1. The maximum absolute atomic E-state index is 6.05. The normalized spacial score (nSPS) is 27.4. The predicted molar refractivity (Wildman–Crippen MR) is 74.4 cm³/mol. The molecule has 0 bridgehead atoms. The molecule has 0 spiro atoms. The van der Waals surface area contributed by atoms with Crippen LogP contribution in [0.1, 0.15) is 30.4 Å². The van der Waals surface area contributed by atoms with Crippen molar-refractivity contribution in [3.63, 3.8) is 0 Å². The maximum atomic E-state index is 6.05. The molecule has 6 heteroatoms. The highest BCUT2D eigenvalue weighted by Crippen LogP contribution is 2.45. The summed E-state index contributed by atoms with van der Waals surface area (Å²) in [6, 6.07) is 0.339. The Bertz CT molecular complexity index is 471. The average molecular weight is 286 g/mol. The first kappa shape index (κ1) is 12.5. The maximum Gasteiger partial charge on any atom is 0.224 e. The summed E-state index contributed by atoms with van der Waals surface area (Å²) in [5.74, 6) is 1.95. The fraction of sp³-hybridized carbons (Fsp3) is 0.667. The van der Waals surface area contributed by atoms with Gasteiger partial charge in [0.15, 0.2) is 0 Å². The number of rotatable bonds is 1. The summed E-state index contributed by atoms with van der Waals surface area (Å²) < 4.78 is 5.49. The largest absolute Gasteiger partial charge is 0.377 e. The van der Waals surface area contributed by atoms with E-state index >= 15 is 0 Å². The van der Waals surface area contributed by atoms with Gasteiger partial charge >= 0.3 is 0 Å². The summed E-state index contributed by atoms with van der Waals surface area (Å²) in [4.78, 5) is 11.1. The van der Waals surface area contributed by atoms with Gasteiger partial charge in [-0.1, -0.05) is 0 Å². The van der Waals surface area contributed by atoms with Crippen molar-refractivity contribution in [2.24, 2.45) is 0 Å². The van der Waals surface area contributed by atoms with Gasteiger partial charge < -0.3 is 9.64 Å². The Labute approximate surface area is 116 Å². The van der Waals surface area contributed by atoms with Crippen LogP contribution in [-0.2, 0) is 10.5 Å². The van der Waals surface area contributed by atoms with E-state index in [0.717, 1.165) is 37.0 Å². The number of thioether (sulfide) groups is 1. The predicted octanol–water partition coefficient (Wildman–Crippen LogP) is 2.66. The molecule has 0 aromatic carbocycles. The monoisotopic (exact) mass is 285 g/mol. The summed E-state index contributed by atoms with van der Waals surface area (Å²) >= 11 is 7.95. The molecule has 0 aliphatic carbocycles. The van der Waals surface area contributed by atoms with E-state index in [4.69, 9.17) is 16.3 Å². The first-order valence-corrected chi connectivity index (χ1v) is 7.62. The molecular formula is C12H16ClN3OS. The van der Waals surface area contributed by atoms with Gasteiger partial charge in [0, 0.05) is 23.1 Å². The second kappa shape index (κ2) is 4.87. The minimum absolute atomic E-state index is 0.339. The number of morpholine rings is 1. The fourth-order valence-electron chi connectivity index (χ4n) is 2.55. The third-order valence-electron chi connectivity index (χ3n) is 3.49. The molecule has 98 valence electrons. The highest BCUT2D eigenvalue weighted by atomic mass is 35.5. The Balaban J connectivity index is 2.05. The van der Waals surface area contributed by atoms with Crippen molar-refractivity contribution < 1.29 is 4.74 Å². The molecule has 0 saturated carbocycles. The van der Waals surface area contributed by atoms with E-state index in [-0.39, 0.29) is 0 Å². The van der Waals surface area contributed by atoms with Gasteiger partial charge in [-0.05, 0) is 25.4 Å². The van der Waals surface area contributed by atoms with E-state index in [1.165, 1.54) is 5.56 Å². The standard InChI is InChI=1S/C12H16ClN3OS/c1-7-5-17-4-3-16(7)11-10-8(2)18-6-9(10)14-12(13)15-11/h7-8H,3-6H2,1-2H3/t7-,8?/m0/s1. The molecule has 18 heavy (non-hydrogen) atoms. The molecule has 1 unspecified atom stereocenters. The third-order valence-corrected chi connectivity index (χ3v) is 4.84.